The molecule has 0 spiro atoms. The molecule has 0 radical (unpaired) electrons. The molecule has 2 heterocycles. The van der Waals surface area contributed by atoms with E-state index in [1.807, 2.05) is 30.5 Å². The van der Waals surface area contributed by atoms with E-state index in [0.29, 0.717) is 6.54 Å². The number of nitrogens with zero attached hydrogens (tertiary/aromatic N) is 1. The second-order valence-corrected chi connectivity index (χ2v) is 4.91. The summed E-state index contributed by atoms with van der Waals surface area (Å²) in [4.78, 5) is 7.86. The molecular weight excluding hydrogens is 244 g/mol. The molecule has 0 bridgehead atoms. The van der Waals surface area contributed by atoms with E-state index in [0.717, 1.165) is 34.0 Å². The number of hydrogen-bond donors (Lipinski definition) is 1. The van der Waals surface area contributed by atoms with E-state index in [1.165, 1.54) is 5.56 Å². The van der Waals surface area contributed by atoms with Crippen LogP contribution in [0.25, 0.3) is 0 Å². The summed E-state index contributed by atoms with van der Waals surface area (Å²) < 4.78 is 0. The van der Waals surface area contributed by atoms with Gasteiger partial charge < -0.3 is 4.98 Å². The Morgan fingerprint density at radius 1 is 1.28 bits per heavy atom. The van der Waals surface area contributed by atoms with E-state index in [4.69, 9.17) is 11.6 Å². The largest absolute Gasteiger partial charge is 0.360 e. The minimum Gasteiger partial charge on any atom is -0.360 e. The summed E-state index contributed by atoms with van der Waals surface area (Å²) in [5.41, 5.74) is 5.45. The lowest BCUT2D eigenvalue weighted by Crippen LogP contribution is -2.06. The Balaban J connectivity index is 2.20. The SMILES string of the molecule is C=C1CN=C(c2ccc[nH]2)c2cc(Cl)ccc2C1. The highest BCUT2D eigenvalue weighted by Crippen LogP contribution is 2.24. The van der Waals surface area contributed by atoms with Crippen LogP contribution in [0.3, 0.4) is 0 Å². The van der Waals surface area contributed by atoms with Crippen LogP contribution in [0, 0.1) is 0 Å². The summed E-state index contributed by atoms with van der Waals surface area (Å²) in [7, 11) is 0. The molecule has 0 saturated heterocycles. The zero-order valence-electron chi connectivity index (χ0n) is 9.91. The van der Waals surface area contributed by atoms with E-state index >= 15 is 0 Å². The molecule has 18 heavy (non-hydrogen) atoms. The summed E-state index contributed by atoms with van der Waals surface area (Å²) in [6.07, 6.45) is 2.77. The molecular formula is C15H13ClN2. The van der Waals surface area contributed by atoms with Gasteiger partial charge in [-0.25, -0.2) is 0 Å². The van der Waals surface area contributed by atoms with Gasteiger partial charge in [0.25, 0.3) is 0 Å². The number of nitrogens with one attached hydrogen (secondary N) is 1. The normalized spacial score (nSPS) is 14.9. The monoisotopic (exact) mass is 256 g/mol. The average molecular weight is 257 g/mol. The molecule has 0 atom stereocenters. The predicted molar refractivity (Wildman–Crippen MR) is 75.6 cm³/mol. The highest BCUT2D eigenvalue weighted by Gasteiger charge is 2.16. The van der Waals surface area contributed by atoms with Gasteiger partial charge in [0.05, 0.1) is 18.0 Å². The smallest absolute Gasteiger partial charge is 0.0888 e. The Morgan fingerprint density at radius 3 is 2.94 bits per heavy atom. The summed E-state index contributed by atoms with van der Waals surface area (Å²) in [6.45, 7) is 4.73. The summed E-state index contributed by atoms with van der Waals surface area (Å²) >= 11 is 6.11. The van der Waals surface area contributed by atoms with E-state index in [2.05, 4.69) is 22.6 Å². The number of aromatic amines is 1. The van der Waals surface area contributed by atoms with Crippen LogP contribution in [0.1, 0.15) is 16.8 Å². The van der Waals surface area contributed by atoms with E-state index in [1.54, 1.807) is 0 Å². The standard InChI is InChI=1S/C15H13ClN2/c1-10-7-11-4-5-12(16)8-13(11)15(18-9-10)14-3-2-6-17-14/h2-6,8,17H,1,7,9H2. The summed E-state index contributed by atoms with van der Waals surface area (Å²) in [5, 5.41) is 0.737. The number of benzene rings is 1. The first-order valence-corrected chi connectivity index (χ1v) is 6.25. The van der Waals surface area contributed by atoms with E-state index < -0.39 is 0 Å². The van der Waals surface area contributed by atoms with Crippen LogP contribution < -0.4 is 0 Å². The average Bonchev–Trinajstić information content (AvgIpc) is 2.81. The van der Waals surface area contributed by atoms with Gasteiger partial charge in [-0.2, -0.15) is 0 Å². The van der Waals surface area contributed by atoms with Gasteiger partial charge in [-0.05, 0) is 36.2 Å². The molecule has 3 rings (SSSR count). The van der Waals surface area contributed by atoms with Crippen molar-refractivity contribution in [3.05, 3.63) is 70.5 Å². The molecule has 0 amide bonds. The van der Waals surface area contributed by atoms with Crippen molar-refractivity contribution in [2.24, 2.45) is 4.99 Å². The molecule has 2 aromatic rings. The van der Waals surface area contributed by atoms with Gasteiger partial charge in [-0.15, -0.1) is 0 Å². The van der Waals surface area contributed by atoms with Crippen LogP contribution in [0.2, 0.25) is 5.02 Å². The zero-order chi connectivity index (χ0) is 12.5. The number of aromatic nitrogens is 1. The van der Waals surface area contributed by atoms with Crippen molar-refractivity contribution in [3.63, 3.8) is 0 Å². The first-order valence-electron chi connectivity index (χ1n) is 5.88. The number of H-pyrrole nitrogens is 1. The van der Waals surface area contributed by atoms with Crippen molar-refractivity contribution < 1.29 is 0 Å². The first kappa shape index (κ1) is 11.3. The van der Waals surface area contributed by atoms with E-state index in [9.17, 15) is 0 Å². The minimum absolute atomic E-state index is 0.667. The maximum atomic E-state index is 6.11. The number of fused-ring (bicyclic) bond motifs is 1. The molecule has 90 valence electrons. The van der Waals surface area contributed by atoms with Crippen LogP contribution in [0.5, 0.6) is 0 Å². The van der Waals surface area contributed by atoms with Crippen molar-refractivity contribution in [1.82, 2.24) is 4.98 Å². The number of rotatable bonds is 1. The number of halogens is 1. The fraction of sp³-hybridized carbons (Fsp3) is 0.133. The lowest BCUT2D eigenvalue weighted by molar-refractivity contribution is 1.06. The van der Waals surface area contributed by atoms with Crippen molar-refractivity contribution in [3.8, 4) is 0 Å². The molecule has 1 aliphatic heterocycles. The van der Waals surface area contributed by atoms with E-state index in [-0.39, 0.29) is 0 Å². The fourth-order valence-electron chi connectivity index (χ4n) is 2.23. The van der Waals surface area contributed by atoms with Crippen LogP contribution in [0.4, 0.5) is 0 Å². The third kappa shape index (κ3) is 2.00. The number of hydrogen-bond acceptors (Lipinski definition) is 1. The van der Waals surface area contributed by atoms with Crippen LogP contribution in [-0.4, -0.2) is 17.2 Å². The third-order valence-electron chi connectivity index (χ3n) is 3.08. The van der Waals surface area contributed by atoms with Gasteiger partial charge in [0, 0.05) is 16.8 Å². The van der Waals surface area contributed by atoms with Gasteiger partial charge in [-0.1, -0.05) is 29.8 Å². The maximum absolute atomic E-state index is 6.11. The van der Waals surface area contributed by atoms with Gasteiger partial charge in [0.1, 0.15) is 0 Å². The molecule has 0 unspecified atom stereocenters. The molecule has 0 saturated carbocycles. The lowest BCUT2D eigenvalue weighted by Gasteiger charge is -2.08. The molecule has 1 aliphatic rings. The second-order valence-electron chi connectivity index (χ2n) is 4.48. The van der Waals surface area contributed by atoms with Crippen LogP contribution >= 0.6 is 11.6 Å². The minimum atomic E-state index is 0.667. The van der Waals surface area contributed by atoms with Gasteiger partial charge >= 0.3 is 0 Å². The highest BCUT2D eigenvalue weighted by molar-refractivity contribution is 6.31. The predicted octanol–water partition coefficient (Wildman–Crippen LogP) is 3.62. The lowest BCUT2D eigenvalue weighted by atomic mass is 9.98. The maximum Gasteiger partial charge on any atom is 0.0888 e. The molecule has 2 nitrogen and oxygen atoms in total. The Labute approximate surface area is 111 Å². The van der Waals surface area contributed by atoms with Gasteiger partial charge in [-0.3, -0.25) is 4.99 Å². The van der Waals surface area contributed by atoms with Crippen molar-refractivity contribution in [2.45, 2.75) is 6.42 Å². The molecule has 1 N–H and O–H groups in total. The third-order valence-corrected chi connectivity index (χ3v) is 3.32. The number of aliphatic imine (C=N–C) groups is 1. The molecule has 1 aromatic heterocycles. The Bertz CT molecular complexity index is 624. The summed E-state index contributed by atoms with van der Waals surface area (Å²) in [5.74, 6) is 0. The fourth-order valence-corrected chi connectivity index (χ4v) is 2.40. The highest BCUT2D eigenvalue weighted by atomic mass is 35.5. The second kappa shape index (κ2) is 4.46. The van der Waals surface area contributed by atoms with Gasteiger partial charge in [0.15, 0.2) is 0 Å². The van der Waals surface area contributed by atoms with Gasteiger partial charge in [0.2, 0.25) is 0 Å². The Morgan fingerprint density at radius 2 is 2.17 bits per heavy atom. The Hall–Kier alpha value is -1.80. The van der Waals surface area contributed by atoms with Crippen molar-refractivity contribution in [1.29, 1.82) is 0 Å². The quantitative estimate of drug-likeness (QED) is 0.755. The van der Waals surface area contributed by atoms with Crippen LogP contribution in [-0.2, 0) is 6.42 Å². The molecule has 0 aliphatic carbocycles. The van der Waals surface area contributed by atoms with Crippen molar-refractivity contribution in [2.75, 3.05) is 6.54 Å². The Kier molecular flexibility index (Phi) is 2.80. The topological polar surface area (TPSA) is 28.1 Å². The zero-order valence-corrected chi connectivity index (χ0v) is 10.7. The molecule has 3 heteroatoms. The molecule has 0 fully saturated rings. The first-order chi connectivity index (χ1) is 8.74. The molecule has 1 aromatic carbocycles. The summed E-state index contributed by atoms with van der Waals surface area (Å²) in [6, 6.07) is 9.96. The van der Waals surface area contributed by atoms with Crippen LogP contribution in [0.15, 0.2) is 53.7 Å². The van der Waals surface area contributed by atoms with Crippen molar-refractivity contribution >= 4 is 17.3 Å².